The molecule has 16 heteroatoms. The third-order valence-corrected chi connectivity index (χ3v) is 31.6. The first-order valence-corrected chi connectivity index (χ1v) is 21.5. The SMILES string of the molecule is [O]=[W]([OH])([OH])([OH])[O][W](=[O])([OH])([OH])[O][W](=[O])([OH])([OH])[OH]. The van der Waals surface area contributed by atoms with Crippen molar-refractivity contribution in [2.45, 2.75) is 0 Å². The van der Waals surface area contributed by atoms with E-state index in [0.717, 1.165) is 0 Å². The summed E-state index contributed by atoms with van der Waals surface area (Å²) in [7, 11) is 0. The zero-order chi connectivity index (χ0) is 13.8. The van der Waals surface area contributed by atoms with E-state index in [-0.39, 0.29) is 0 Å². The maximum absolute atomic E-state index is 10.7. The minimum absolute atomic E-state index is 2.67. The first-order valence-electron chi connectivity index (χ1n) is 2.63. The van der Waals surface area contributed by atoms with Gasteiger partial charge in [-0.25, -0.2) is 0 Å². The van der Waals surface area contributed by atoms with Crippen LogP contribution in [-0.2, 0) is 63.2 Å². The Labute approximate surface area is 92.6 Å². The second kappa shape index (κ2) is 3.33. The number of hydrogen-bond donors (Lipinski definition) is 8. The molecule has 0 saturated carbocycles. The van der Waals surface area contributed by atoms with Crippen molar-refractivity contribution in [3.05, 3.63) is 0 Å². The summed E-state index contributed by atoms with van der Waals surface area (Å²) >= 11 is -25.4. The van der Waals surface area contributed by atoms with Crippen LogP contribution in [0.4, 0.5) is 0 Å². The van der Waals surface area contributed by atoms with Gasteiger partial charge in [0.1, 0.15) is 0 Å². The van der Waals surface area contributed by atoms with Gasteiger partial charge in [0.2, 0.25) is 0 Å². The van der Waals surface area contributed by atoms with E-state index < -0.39 is 48.9 Å². The molecule has 8 N–H and O–H groups in total. The van der Waals surface area contributed by atoms with Gasteiger partial charge in [0.25, 0.3) is 0 Å². The molecule has 0 saturated heterocycles. The first-order chi connectivity index (χ1) is 6.18. The molecule has 0 aromatic carbocycles. The second-order valence-electron chi connectivity index (χ2n) is 2.39. The first kappa shape index (κ1) is 17.1. The van der Waals surface area contributed by atoms with Crippen molar-refractivity contribution in [2.75, 3.05) is 0 Å². The normalized spacial score (nSPS) is 22.1. The molecule has 104 valence electrons. The standard InChI is InChI=1S/8H2O.5O.3W/h8*1H2;;;;;;;;/q;;;;;;;;;;;;;+2;2*+3/p-8. The van der Waals surface area contributed by atoms with Gasteiger partial charge < -0.3 is 0 Å². The molecule has 0 heterocycles. The van der Waals surface area contributed by atoms with Crippen LogP contribution < -0.4 is 0 Å². The van der Waals surface area contributed by atoms with Gasteiger partial charge in [-0.05, 0) is 0 Å². The van der Waals surface area contributed by atoms with E-state index in [1.54, 1.807) is 0 Å². The fraction of sp³-hybridized carbons (Fsp3) is 0. The molecule has 0 aliphatic heterocycles. The zero-order valence-electron chi connectivity index (χ0n) is 6.84. The zero-order valence-corrected chi connectivity index (χ0v) is 15.6. The van der Waals surface area contributed by atoms with Crippen LogP contribution in [0.3, 0.4) is 0 Å². The van der Waals surface area contributed by atoms with E-state index in [4.69, 9.17) is 30.1 Å². The van der Waals surface area contributed by atoms with Crippen LogP contribution in [0, 0.1) is 0 Å². The van der Waals surface area contributed by atoms with Crippen molar-refractivity contribution >= 4 is 0 Å². The van der Waals surface area contributed by atoms with Gasteiger partial charge in [0.05, 0.1) is 0 Å². The molecule has 0 rings (SSSR count). The average molecular weight is 768 g/mol. The molecule has 0 atom stereocenters. The molecule has 0 aliphatic carbocycles. The van der Waals surface area contributed by atoms with E-state index >= 15 is 0 Å². The molecule has 0 fully saturated rings. The quantitative estimate of drug-likeness (QED) is 0.134. The van der Waals surface area contributed by atoms with Crippen molar-refractivity contribution in [1.82, 2.24) is 0 Å². The van der Waals surface area contributed by atoms with Gasteiger partial charge in [0, 0.05) is 0 Å². The van der Waals surface area contributed by atoms with E-state index in [2.05, 4.69) is 4.09 Å². The number of rotatable bonds is 4. The van der Waals surface area contributed by atoms with Gasteiger partial charge in [0.15, 0.2) is 0 Å². The monoisotopic (exact) mass is 768 g/mol. The van der Waals surface area contributed by atoms with Gasteiger partial charge in [-0.2, -0.15) is 0 Å². The van der Waals surface area contributed by atoms with Gasteiger partial charge in [-0.3, -0.25) is 0 Å². The van der Waals surface area contributed by atoms with Crippen molar-refractivity contribution in [3.8, 4) is 0 Å². The third kappa shape index (κ3) is 10.2. The Morgan fingerprint density at radius 1 is 0.562 bits per heavy atom. The summed E-state index contributed by atoms with van der Waals surface area (Å²) in [6.07, 6.45) is 0. The van der Waals surface area contributed by atoms with Gasteiger partial charge >= 0.3 is 93.2 Å². The fourth-order valence-electron chi connectivity index (χ4n) is 0.419. The Bertz CT molecular complexity index is 423. The van der Waals surface area contributed by atoms with Crippen LogP contribution in [0.2, 0.25) is 0 Å². The summed E-state index contributed by atoms with van der Waals surface area (Å²) < 4.78 is 102. The van der Waals surface area contributed by atoms with Crippen molar-refractivity contribution in [1.29, 1.82) is 0 Å². The van der Waals surface area contributed by atoms with Gasteiger partial charge in [-0.1, -0.05) is 0 Å². The molecule has 13 nitrogen and oxygen atoms in total. The molecule has 0 aromatic rings. The van der Waals surface area contributed by atoms with E-state index in [1.165, 1.54) is 0 Å². The van der Waals surface area contributed by atoms with Crippen LogP contribution in [0.1, 0.15) is 0 Å². The topological polar surface area (TPSA) is 232 Å². The van der Waals surface area contributed by atoms with Gasteiger partial charge in [-0.15, -0.1) is 0 Å². The molecular formula is H8O13W3. The van der Waals surface area contributed by atoms with Crippen LogP contribution >= 0.6 is 0 Å². The molecule has 0 aromatic heterocycles. The Kier molecular flexibility index (Phi) is 3.56. The summed E-state index contributed by atoms with van der Waals surface area (Å²) in [4.78, 5) is 0. The Balaban J connectivity index is 5.45. The summed E-state index contributed by atoms with van der Waals surface area (Å²) in [6, 6.07) is 0. The molecule has 0 radical (unpaired) electrons. The van der Waals surface area contributed by atoms with E-state index in [1.807, 2.05) is 0 Å². The van der Waals surface area contributed by atoms with E-state index in [9.17, 15) is 10.2 Å². The molecule has 0 amide bonds. The van der Waals surface area contributed by atoms with E-state index in [0.29, 0.717) is 0 Å². The Morgan fingerprint density at radius 2 is 0.750 bits per heavy atom. The molecule has 16 heavy (non-hydrogen) atoms. The summed E-state index contributed by atoms with van der Waals surface area (Å²) in [6.45, 7) is 0. The number of hydrogen-bond acceptors (Lipinski definition) is 5. The maximum atomic E-state index is 10.7. The molecule has 0 bridgehead atoms. The van der Waals surface area contributed by atoms with Crippen molar-refractivity contribution < 1.29 is 93.2 Å². The predicted octanol–water partition coefficient (Wildman–Crippen LogP) is -4.96. The van der Waals surface area contributed by atoms with Crippen LogP contribution in [0.25, 0.3) is 0 Å². The Morgan fingerprint density at radius 3 is 0.875 bits per heavy atom. The average Bonchev–Trinajstić information content (AvgIpc) is 1.31. The summed E-state index contributed by atoms with van der Waals surface area (Å²) in [5.74, 6) is 0. The fourth-order valence-corrected chi connectivity index (χ4v) is 33.5. The van der Waals surface area contributed by atoms with Crippen LogP contribution in [0.15, 0.2) is 0 Å². The summed E-state index contributed by atoms with van der Waals surface area (Å²) in [5, 5.41) is 0. The molecule has 0 unspecified atom stereocenters. The second-order valence-corrected chi connectivity index (χ2v) is 27.6. The minimum atomic E-state index is -8.71. The molecule has 0 spiro atoms. The summed E-state index contributed by atoms with van der Waals surface area (Å²) in [5.41, 5.74) is 0. The van der Waals surface area contributed by atoms with Crippen LogP contribution in [0.5, 0.6) is 0 Å². The van der Waals surface area contributed by atoms with Crippen molar-refractivity contribution in [3.63, 3.8) is 0 Å². The van der Waals surface area contributed by atoms with Crippen molar-refractivity contribution in [2.24, 2.45) is 0 Å². The molecular weight excluding hydrogens is 760 g/mol. The predicted molar refractivity (Wildman–Crippen MR) is 22.0 cm³/mol. The van der Waals surface area contributed by atoms with Crippen LogP contribution in [-0.4, -0.2) is 30.1 Å². The molecule has 0 aliphatic rings. The third-order valence-electron chi connectivity index (χ3n) is 0.471. The Hall–Kier alpha value is 1.06.